The molecule has 1 aromatic carbocycles. The second kappa shape index (κ2) is 9.06. The Morgan fingerprint density at radius 3 is 2.86 bits per heavy atom. The van der Waals surface area contributed by atoms with Crippen LogP contribution in [0.5, 0.6) is 5.75 Å². The molecule has 2 amide bonds. The van der Waals surface area contributed by atoms with Crippen LogP contribution in [0, 0.1) is 6.92 Å². The van der Waals surface area contributed by atoms with Crippen LogP contribution >= 0.6 is 11.3 Å². The fourth-order valence-electron chi connectivity index (χ4n) is 3.48. The predicted molar refractivity (Wildman–Crippen MR) is 112 cm³/mol. The molecule has 5 nitrogen and oxygen atoms in total. The van der Waals surface area contributed by atoms with E-state index in [1.807, 2.05) is 36.1 Å². The molecule has 0 fully saturated rings. The molecule has 1 aliphatic rings. The van der Waals surface area contributed by atoms with Gasteiger partial charge >= 0.3 is 0 Å². The van der Waals surface area contributed by atoms with Crippen LogP contribution in [0.15, 0.2) is 48.4 Å². The molecule has 28 heavy (non-hydrogen) atoms. The van der Waals surface area contributed by atoms with E-state index in [2.05, 4.69) is 18.0 Å². The molecular formula is C22H26N2O3S. The molecule has 0 aliphatic carbocycles. The third-order valence-electron chi connectivity index (χ3n) is 5.03. The highest BCUT2D eigenvalue weighted by Gasteiger charge is 2.33. The smallest absolute Gasteiger partial charge is 0.242 e. The monoisotopic (exact) mass is 398 g/mol. The van der Waals surface area contributed by atoms with Gasteiger partial charge in [0, 0.05) is 24.9 Å². The fraction of sp³-hybridized carbons (Fsp3) is 0.364. The summed E-state index contributed by atoms with van der Waals surface area (Å²) < 4.78 is 6.10. The molecule has 0 saturated heterocycles. The van der Waals surface area contributed by atoms with Crippen molar-refractivity contribution >= 4 is 23.2 Å². The van der Waals surface area contributed by atoms with Gasteiger partial charge in [-0.25, -0.2) is 0 Å². The second-order valence-electron chi connectivity index (χ2n) is 6.92. The van der Waals surface area contributed by atoms with Crippen molar-refractivity contribution in [3.63, 3.8) is 0 Å². The normalized spacial score (nSPS) is 15.6. The highest BCUT2D eigenvalue weighted by molar-refractivity contribution is 7.10. The lowest BCUT2D eigenvalue weighted by molar-refractivity contribution is -0.141. The number of carbonyl (C=O) groups excluding carboxylic acids is 2. The van der Waals surface area contributed by atoms with Crippen LogP contribution in [-0.4, -0.2) is 47.9 Å². The average Bonchev–Trinajstić information content (AvgIpc) is 3.15. The molecular weight excluding hydrogens is 372 g/mol. The van der Waals surface area contributed by atoms with Gasteiger partial charge in [-0.1, -0.05) is 24.3 Å². The summed E-state index contributed by atoms with van der Waals surface area (Å²) in [5, 5.41) is 2.07. The first kappa shape index (κ1) is 20.1. The number of rotatable bonds is 7. The van der Waals surface area contributed by atoms with Crippen LogP contribution in [0.4, 0.5) is 0 Å². The van der Waals surface area contributed by atoms with Crippen molar-refractivity contribution in [3.05, 3.63) is 64.4 Å². The summed E-state index contributed by atoms with van der Waals surface area (Å²) in [5.41, 5.74) is 2.21. The van der Waals surface area contributed by atoms with Crippen LogP contribution in [0.3, 0.4) is 0 Å². The quantitative estimate of drug-likeness (QED) is 0.670. The Morgan fingerprint density at radius 1 is 1.36 bits per heavy atom. The van der Waals surface area contributed by atoms with E-state index in [1.165, 1.54) is 16.7 Å². The molecule has 1 aliphatic heterocycles. The zero-order chi connectivity index (χ0) is 20.1. The number of hydrogen-bond donors (Lipinski definition) is 0. The number of ether oxygens (including phenoxy) is 1. The van der Waals surface area contributed by atoms with Crippen molar-refractivity contribution in [2.75, 3.05) is 26.2 Å². The molecule has 0 radical (unpaired) electrons. The van der Waals surface area contributed by atoms with E-state index in [9.17, 15) is 9.59 Å². The second-order valence-corrected chi connectivity index (χ2v) is 7.92. The summed E-state index contributed by atoms with van der Waals surface area (Å²) in [7, 11) is 0. The number of fused-ring (bicyclic) bond motifs is 1. The molecule has 0 saturated carbocycles. The topological polar surface area (TPSA) is 49.9 Å². The van der Waals surface area contributed by atoms with Gasteiger partial charge in [-0.15, -0.1) is 17.9 Å². The molecule has 1 unspecified atom stereocenters. The summed E-state index contributed by atoms with van der Waals surface area (Å²) in [5.74, 6) is 0.635. The Bertz CT molecular complexity index is 861. The van der Waals surface area contributed by atoms with Crippen molar-refractivity contribution in [2.24, 2.45) is 0 Å². The Hall–Kier alpha value is -2.60. The Balaban J connectivity index is 1.78. The van der Waals surface area contributed by atoms with Crippen LogP contribution in [0.1, 0.15) is 29.0 Å². The average molecular weight is 399 g/mol. The van der Waals surface area contributed by atoms with Gasteiger partial charge in [0.1, 0.15) is 18.9 Å². The van der Waals surface area contributed by atoms with Gasteiger partial charge < -0.3 is 14.5 Å². The van der Waals surface area contributed by atoms with Crippen LogP contribution in [-0.2, 0) is 16.0 Å². The van der Waals surface area contributed by atoms with Gasteiger partial charge in [0.25, 0.3) is 0 Å². The Kier molecular flexibility index (Phi) is 6.52. The minimum Gasteiger partial charge on any atom is -0.491 e. The van der Waals surface area contributed by atoms with Gasteiger partial charge in [0.05, 0.1) is 6.04 Å². The molecule has 6 heteroatoms. The maximum absolute atomic E-state index is 13.1. The summed E-state index contributed by atoms with van der Waals surface area (Å²) in [6.45, 7) is 8.60. The van der Waals surface area contributed by atoms with E-state index in [0.29, 0.717) is 19.7 Å². The molecule has 1 atom stereocenters. The zero-order valence-electron chi connectivity index (χ0n) is 16.4. The third-order valence-corrected chi connectivity index (χ3v) is 6.02. The molecule has 2 aromatic rings. The number of carbonyl (C=O) groups is 2. The van der Waals surface area contributed by atoms with Gasteiger partial charge in [0.2, 0.25) is 11.8 Å². The number of amides is 2. The summed E-state index contributed by atoms with van der Waals surface area (Å²) in [6.07, 6.45) is 2.47. The minimum absolute atomic E-state index is 0.0572. The minimum atomic E-state index is -0.153. The van der Waals surface area contributed by atoms with E-state index >= 15 is 0 Å². The predicted octanol–water partition coefficient (Wildman–Crippen LogP) is 3.60. The molecule has 3 rings (SSSR count). The first-order valence-corrected chi connectivity index (χ1v) is 10.3. The van der Waals surface area contributed by atoms with Gasteiger partial charge in [0.15, 0.2) is 0 Å². The molecule has 1 aromatic heterocycles. The Morgan fingerprint density at radius 2 is 2.14 bits per heavy atom. The van der Waals surface area contributed by atoms with Crippen LogP contribution < -0.4 is 4.74 Å². The van der Waals surface area contributed by atoms with E-state index in [0.717, 1.165) is 23.3 Å². The first-order valence-electron chi connectivity index (χ1n) is 9.41. The van der Waals surface area contributed by atoms with Gasteiger partial charge in [-0.05, 0) is 42.0 Å². The summed E-state index contributed by atoms with van der Waals surface area (Å²) in [4.78, 5) is 29.5. The molecule has 0 N–H and O–H groups in total. The summed E-state index contributed by atoms with van der Waals surface area (Å²) in [6, 6.07) is 9.81. The van der Waals surface area contributed by atoms with Crippen molar-refractivity contribution in [1.29, 1.82) is 0 Å². The third kappa shape index (κ3) is 4.44. The zero-order valence-corrected chi connectivity index (χ0v) is 17.2. The summed E-state index contributed by atoms with van der Waals surface area (Å²) >= 11 is 1.72. The largest absolute Gasteiger partial charge is 0.491 e. The Labute approximate surface area is 170 Å². The van der Waals surface area contributed by atoms with E-state index in [1.54, 1.807) is 17.4 Å². The van der Waals surface area contributed by atoms with E-state index < -0.39 is 0 Å². The van der Waals surface area contributed by atoms with Crippen LogP contribution in [0.2, 0.25) is 0 Å². The van der Waals surface area contributed by atoms with Gasteiger partial charge in [-0.3, -0.25) is 9.59 Å². The lowest BCUT2D eigenvalue weighted by Crippen LogP contribution is -2.47. The van der Waals surface area contributed by atoms with Crippen molar-refractivity contribution in [3.8, 4) is 5.75 Å². The highest BCUT2D eigenvalue weighted by atomic mass is 32.1. The molecule has 0 spiro atoms. The molecule has 0 bridgehead atoms. The first-order chi connectivity index (χ1) is 13.5. The fourth-order valence-corrected chi connectivity index (χ4v) is 4.40. The number of para-hydroxylation sites is 1. The number of aryl methyl sites for hydroxylation is 1. The van der Waals surface area contributed by atoms with Gasteiger partial charge in [-0.2, -0.15) is 0 Å². The van der Waals surface area contributed by atoms with E-state index in [-0.39, 0.29) is 24.4 Å². The van der Waals surface area contributed by atoms with E-state index in [4.69, 9.17) is 4.74 Å². The lowest BCUT2D eigenvalue weighted by atomic mass is 10.0. The molecule has 148 valence electrons. The van der Waals surface area contributed by atoms with Crippen molar-refractivity contribution in [1.82, 2.24) is 9.80 Å². The lowest BCUT2D eigenvalue weighted by Gasteiger charge is -2.37. The maximum atomic E-state index is 13.1. The van der Waals surface area contributed by atoms with Crippen molar-refractivity contribution in [2.45, 2.75) is 26.3 Å². The van der Waals surface area contributed by atoms with Crippen molar-refractivity contribution < 1.29 is 14.3 Å². The number of hydrogen-bond acceptors (Lipinski definition) is 4. The number of nitrogens with zero attached hydrogens (tertiary/aromatic N) is 2. The SMILES string of the molecule is C=CCN(CC(=O)N1CCc2sccc2C1COc1ccccc1C)C(C)=O. The maximum Gasteiger partial charge on any atom is 0.242 e. The standard InChI is InChI=1S/C22H26N2O3S/c1-4-11-23(17(3)25)14-22(26)24-12-9-21-18(10-13-28-21)19(24)15-27-20-8-6-5-7-16(20)2/h4-8,10,13,19H,1,9,11-12,14-15H2,2-3H3. The number of benzene rings is 1. The number of thiophene rings is 1. The highest BCUT2D eigenvalue weighted by Crippen LogP contribution is 2.34. The van der Waals surface area contributed by atoms with Crippen LogP contribution in [0.25, 0.3) is 0 Å². The molecule has 2 heterocycles.